The van der Waals surface area contributed by atoms with Crippen molar-refractivity contribution in [2.24, 2.45) is 0 Å². The number of nitrogens with one attached hydrogen (secondary N) is 1. The molecule has 0 atom stereocenters. The third kappa shape index (κ3) is 1.42. The van der Waals surface area contributed by atoms with Crippen LogP contribution in [0.2, 0.25) is 0 Å². The fourth-order valence-electron chi connectivity index (χ4n) is 1.43. The largest absolute Gasteiger partial charge is 0.507 e. The summed E-state index contributed by atoms with van der Waals surface area (Å²) in [6.45, 7) is 1.86. The first kappa shape index (κ1) is 9.27. The zero-order chi connectivity index (χ0) is 10.3. The molecule has 0 aliphatic heterocycles. The molecule has 1 aromatic carbocycles. The van der Waals surface area contributed by atoms with Gasteiger partial charge in [-0.3, -0.25) is 4.79 Å². The Kier molecular flexibility index (Phi) is 2.07. The van der Waals surface area contributed by atoms with Crippen LogP contribution in [0.3, 0.4) is 0 Å². The van der Waals surface area contributed by atoms with Crippen LogP contribution in [-0.4, -0.2) is 10.1 Å². The normalized spacial score (nSPS) is 10.7. The van der Waals surface area contributed by atoms with E-state index in [1.807, 2.05) is 6.92 Å². The number of aromatic hydroxyl groups is 1. The molecule has 2 N–H and O–H groups in total. The average molecular weight is 254 g/mol. The number of aromatic amines is 1. The number of H-pyrrole nitrogens is 1. The van der Waals surface area contributed by atoms with Crippen LogP contribution in [0.5, 0.6) is 5.75 Å². The van der Waals surface area contributed by atoms with Crippen molar-refractivity contribution in [2.45, 2.75) is 6.92 Å². The van der Waals surface area contributed by atoms with E-state index in [1.54, 1.807) is 6.07 Å². The van der Waals surface area contributed by atoms with E-state index in [0.29, 0.717) is 9.99 Å². The topological polar surface area (TPSA) is 53.1 Å². The Morgan fingerprint density at radius 1 is 1.36 bits per heavy atom. The molecule has 0 unspecified atom stereocenters. The fourth-order valence-corrected chi connectivity index (χ4v) is 1.78. The van der Waals surface area contributed by atoms with Crippen LogP contribution in [0, 0.1) is 6.92 Å². The SMILES string of the molecule is Cc1cc(=O)[nH]c2cc(O)c(Br)cc12. The van der Waals surface area contributed by atoms with Gasteiger partial charge in [-0.25, -0.2) is 0 Å². The second-order valence-electron chi connectivity index (χ2n) is 3.17. The van der Waals surface area contributed by atoms with E-state index in [4.69, 9.17) is 0 Å². The Balaban J connectivity index is 2.96. The van der Waals surface area contributed by atoms with E-state index in [0.717, 1.165) is 10.9 Å². The maximum Gasteiger partial charge on any atom is 0.248 e. The highest BCUT2D eigenvalue weighted by Crippen LogP contribution is 2.28. The fraction of sp³-hybridized carbons (Fsp3) is 0.100. The van der Waals surface area contributed by atoms with Crippen molar-refractivity contribution in [2.75, 3.05) is 0 Å². The van der Waals surface area contributed by atoms with E-state index in [1.165, 1.54) is 12.1 Å². The van der Waals surface area contributed by atoms with Crippen LogP contribution in [-0.2, 0) is 0 Å². The van der Waals surface area contributed by atoms with Gasteiger partial charge in [0.1, 0.15) is 5.75 Å². The van der Waals surface area contributed by atoms with Gasteiger partial charge in [0.25, 0.3) is 0 Å². The summed E-state index contributed by atoms with van der Waals surface area (Å²) in [5, 5.41) is 10.4. The summed E-state index contributed by atoms with van der Waals surface area (Å²) in [5.74, 6) is 0.124. The zero-order valence-electron chi connectivity index (χ0n) is 7.47. The van der Waals surface area contributed by atoms with Gasteiger partial charge in [-0.2, -0.15) is 0 Å². The summed E-state index contributed by atoms with van der Waals surface area (Å²) < 4.78 is 0.625. The number of phenolic OH excluding ortho intramolecular Hbond substituents is 1. The molecule has 0 radical (unpaired) electrons. The molecule has 2 aromatic rings. The van der Waals surface area contributed by atoms with E-state index < -0.39 is 0 Å². The summed E-state index contributed by atoms with van der Waals surface area (Å²) in [6.07, 6.45) is 0. The van der Waals surface area contributed by atoms with Crippen molar-refractivity contribution in [3.8, 4) is 5.75 Å². The first-order valence-corrected chi connectivity index (χ1v) is 4.89. The lowest BCUT2D eigenvalue weighted by Crippen LogP contribution is -2.04. The average Bonchev–Trinajstić information content (AvgIpc) is 2.08. The number of aryl methyl sites for hydroxylation is 1. The van der Waals surface area contributed by atoms with Crippen LogP contribution in [0.4, 0.5) is 0 Å². The molecule has 0 bridgehead atoms. The van der Waals surface area contributed by atoms with Gasteiger partial charge in [0, 0.05) is 17.5 Å². The van der Waals surface area contributed by atoms with Gasteiger partial charge in [0.15, 0.2) is 0 Å². The van der Waals surface area contributed by atoms with Crippen molar-refractivity contribution in [3.05, 3.63) is 38.6 Å². The molecule has 2 rings (SSSR count). The third-order valence-electron chi connectivity index (χ3n) is 2.12. The van der Waals surface area contributed by atoms with Gasteiger partial charge in [0.2, 0.25) is 5.56 Å². The quantitative estimate of drug-likeness (QED) is 0.757. The number of aromatic nitrogens is 1. The zero-order valence-corrected chi connectivity index (χ0v) is 9.05. The number of halogens is 1. The van der Waals surface area contributed by atoms with Gasteiger partial charge in [-0.1, -0.05) is 0 Å². The molecule has 1 heterocycles. The summed E-state index contributed by atoms with van der Waals surface area (Å²) in [4.78, 5) is 13.8. The van der Waals surface area contributed by atoms with Crippen molar-refractivity contribution in [1.29, 1.82) is 0 Å². The first-order valence-electron chi connectivity index (χ1n) is 4.10. The number of hydrogen-bond donors (Lipinski definition) is 2. The highest BCUT2D eigenvalue weighted by Gasteiger charge is 2.04. The van der Waals surface area contributed by atoms with Crippen LogP contribution >= 0.6 is 15.9 Å². The number of benzene rings is 1. The molecule has 0 aliphatic rings. The maximum absolute atomic E-state index is 11.2. The third-order valence-corrected chi connectivity index (χ3v) is 2.75. The van der Waals surface area contributed by atoms with E-state index >= 15 is 0 Å². The van der Waals surface area contributed by atoms with Gasteiger partial charge >= 0.3 is 0 Å². The molecule has 0 fully saturated rings. The van der Waals surface area contributed by atoms with Gasteiger partial charge in [0.05, 0.1) is 9.99 Å². The highest BCUT2D eigenvalue weighted by molar-refractivity contribution is 9.10. The van der Waals surface area contributed by atoms with Crippen LogP contribution < -0.4 is 5.56 Å². The summed E-state index contributed by atoms with van der Waals surface area (Å²) in [6, 6.07) is 4.86. The van der Waals surface area contributed by atoms with E-state index in [-0.39, 0.29) is 11.3 Å². The first-order chi connectivity index (χ1) is 6.58. The molecular formula is C10H8BrNO2. The molecule has 0 aliphatic carbocycles. The van der Waals surface area contributed by atoms with E-state index in [2.05, 4.69) is 20.9 Å². The molecule has 0 spiro atoms. The van der Waals surface area contributed by atoms with Crippen molar-refractivity contribution in [3.63, 3.8) is 0 Å². The predicted molar refractivity (Wildman–Crippen MR) is 58.7 cm³/mol. The lowest BCUT2D eigenvalue weighted by Gasteiger charge is -2.03. The lowest BCUT2D eigenvalue weighted by molar-refractivity contribution is 0.472. The number of fused-ring (bicyclic) bond motifs is 1. The molecule has 0 saturated carbocycles. The van der Waals surface area contributed by atoms with Crippen molar-refractivity contribution in [1.82, 2.24) is 4.98 Å². The van der Waals surface area contributed by atoms with Crippen LogP contribution in [0.15, 0.2) is 27.5 Å². The van der Waals surface area contributed by atoms with Crippen molar-refractivity contribution >= 4 is 26.8 Å². The summed E-state index contributed by atoms with van der Waals surface area (Å²) >= 11 is 3.23. The second kappa shape index (κ2) is 3.13. The van der Waals surface area contributed by atoms with Gasteiger partial charge < -0.3 is 10.1 Å². The summed E-state index contributed by atoms with van der Waals surface area (Å²) in [7, 11) is 0. The standard InChI is InChI=1S/C10H8BrNO2/c1-5-2-10(14)12-8-4-9(13)7(11)3-6(5)8/h2-4,13H,1H3,(H,12,14). The molecule has 3 nitrogen and oxygen atoms in total. The minimum Gasteiger partial charge on any atom is -0.507 e. The number of phenols is 1. The smallest absolute Gasteiger partial charge is 0.248 e. The minimum absolute atomic E-state index is 0.124. The maximum atomic E-state index is 11.2. The minimum atomic E-state index is -0.156. The lowest BCUT2D eigenvalue weighted by atomic mass is 10.1. The number of rotatable bonds is 0. The van der Waals surface area contributed by atoms with Gasteiger partial charge in [-0.05, 0) is 34.5 Å². The second-order valence-corrected chi connectivity index (χ2v) is 4.02. The molecule has 14 heavy (non-hydrogen) atoms. The van der Waals surface area contributed by atoms with Gasteiger partial charge in [-0.15, -0.1) is 0 Å². The number of hydrogen-bond acceptors (Lipinski definition) is 2. The molecule has 1 aromatic heterocycles. The Morgan fingerprint density at radius 3 is 2.79 bits per heavy atom. The highest BCUT2D eigenvalue weighted by atomic mass is 79.9. The Morgan fingerprint density at radius 2 is 2.07 bits per heavy atom. The monoisotopic (exact) mass is 253 g/mol. The molecular weight excluding hydrogens is 246 g/mol. The van der Waals surface area contributed by atoms with Crippen LogP contribution in [0.25, 0.3) is 10.9 Å². The van der Waals surface area contributed by atoms with Crippen molar-refractivity contribution < 1.29 is 5.11 Å². The molecule has 0 amide bonds. The Hall–Kier alpha value is -1.29. The Labute approximate surface area is 88.5 Å². The van der Waals surface area contributed by atoms with Crippen LogP contribution in [0.1, 0.15) is 5.56 Å². The number of pyridine rings is 1. The predicted octanol–water partition coefficient (Wildman–Crippen LogP) is 2.30. The molecule has 0 saturated heterocycles. The molecule has 4 heteroatoms. The van der Waals surface area contributed by atoms with E-state index in [9.17, 15) is 9.90 Å². The molecule has 72 valence electrons. The Bertz CT molecular complexity index is 560. The summed E-state index contributed by atoms with van der Waals surface area (Å²) in [5.41, 5.74) is 1.39.